The fourth-order valence-corrected chi connectivity index (χ4v) is 2.50. The van der Waals surface area contributed by atoms with Crippen LogP contribution in [0.1, 0.15) is 31.1 Å². The van der Waals surface area contributed by atoms with Crippen molar-refractivity contribution in [1.82, 2.24) is 4.90 Å². The zero-order chi connectivity index (χ0) is 16.3. The normalized spacial score (nSPS) is 15.6. The van der Waals surface area contributed by atoms with Crippen LogP contribution in [-0.2, 0) is 4.74 Å². The van der Waals surface area contributed by atoms with Gasteiger partial charge in [0.05, 0.1) is 5.02 Å². The van der Waals surface area contributed by atoms with Gasteiger partial charge in [0.15, 0.2) is 6.29 Å². The van der Waals surface area contributed by atoms with Crippen molar-refractivity contribution < 1.29 is 14.3 Å². The lowest BCUT2D eigenvalue weighted by molar-refractivity contribution is 0.0240. The molecule has 1 aliphatic heterocycles. The average molecular weight is 325 g/mol. The molecule has 1 amide bonds. The van der Waals surface area contributed by atoms with Crippen LogP contribution in [0.2, 0.25) is 5.02 Å². The Hall–Kier alpha value is -1.75. The number of piperazine rings is 1. The predicted molar refractivity (Wildman–Crippen MR) is 86.9 cm³/mol. The lowest BCUT2D eigenvalue weighted by atomic mass is 10.2. The molecule has 120 valence electrons. The van der Waals surface area contributed by atoms with Crippen LogP contribution in [-0.4, -0.2) is 49.1 Å². The van der Waals surface area contributed by atoms with E-state index < -0.39 is 5.60 Å². The number of carbonyl (C=O) groups is 2. The molecular formula is C16H21ClN2O3. The van der Waals surface area contributed by atoms with Gasteiger partial charge in [0.2, 0.25) is 0 Å². The molecule has 0 aliphatic carbocycles. The van der Waals surface area contributed by atoms with Crippen molar-refractivity contribution in [2.75, 3.05) is 31.1 Å². The van der Waals surface area contributed by atoms with Gasteiger partial charge in [-0.05, 0) is 39.0 Å². The van der Waals surface area contributed by atoms with Crippen molar-refractivity contribution in [1.29, 1.82) is 0 Å². The third kappa shape index (κ3) is 4.13. The zero-order valence-electron chi connectivity index (χ0n) is 13.1. The molecule has 0 N–H and O–H groups in total. The van der Waals surface area contributed by atoms with Crippen LogP contribution in [0.25, 0.3) is 0 Å². The number of nitrogens with zero attached hydrogens (tertiary/aromatic N) is 2. The molecule has 0 bridgehead atoms. The average Bonchev–Trinajstić information content (AvgIpc) is 2.45. The maximum atomic E-state index is 12.0. The minimum absolute atomic E-state index is 0.276. The summed E-state index contributed by atoms with van der Waals surface area (Å²) >= 11 is 6.06. The van der Waals surface area contributed by atoms with E-state index in [-0.39, 0.29) is 6.09 Å². The highest BCUT2D eigenvalue weighted by molar-refractivity contribution is 6.33. The van der Waals surface area contributed by atoms with E-state index in [0.29, 0.717) is 36.8 Å². The molecule has 1 saturated heterocycles. The second-order valence-corrected chi connectivity index (χ2v) is 6.69. The van der Waals surface area contributed by atoms with Crippen LogP contribution in [0.5, 0.6) is 0 Å². The molecule has 1 heterocycles. The van der Waals surface area contributed by atoms with E-state index in [1.807, 2.05) is 26.8 Å². The Morgan fingerprint density at radius 1 is 1.23 bits per heavy atom. The Balaban J connectivity index is 1.96. The monoisotopic (exact) mass is 324 g/mol. The van der Waals surface area contributed by atoms with Gasteiger partial charge in [-0.15, -0.1) is 0 Å². The summed E-state index contributed by atoms with van der Waals surface area (Å²) in [6.45, 7) is 8.18. The van der Waals surface area contributed by atoms with Gasteiger partial charge in [-0.1, -0.05) is 11.6 Å². The van der Waals surface area contributed by atoms with Crippen molar-refractivity contribution in [2.45, 2.75) is 26.4 Å². The minimum Gasteiger partial charge on any atom is -0.444 e. The highest BCUT2D eigenvalue weighted by Gasteiger charge is 2.26. The van der Waals surface area contributed by atoms with Crippen LogP contribution >= 0.6 is 11.6 Å². The summed E-state index contributed by atoms with van der Waals surface area (Å²) in [5.41, 5.74) is 0.962. The number of hydrogen-bond acceptors (Lipinski definition) is 4. The Morgan fingerprint density at radius 2 is 1.86 bits per heavy atom. The summed E-state index contributed by atoms with van der Waals surface area (Å²) in [5.74, 6) is 0. The fraction of sp³-hybridized carbons (Fsp3) is 0.500. The first-order chi connectivity index (χ1) is 10.3. The lowest BCUT2D eigenvalue weighted by Crippen LogP contribution is -2.50. The smallest absolute Gasteiger partial charge is 0.410 e. The number of amides is 1. The summed E-state index contributed by atoms with van der Waals surface area (Å²) in [7, 11) is 0. The van der Waals surface area contributed by atoms with Crippen molar-refractivity contribution in [3.05, 3.63) is 28.8 Å². The van der Waals surface area contributed by atoms with Gasteiger partial charge in [-0.2, -0.15) is 0 Å². The molecule has 2 rings (SSSR count). The second kappa shape index (κ2) is 6.57. The first kappa shape index (κ1) is 16.6. The number of hydrogen-bond donors (Lipinski definition) is 0. The standard InChI is InChI=1S/C16H21ClN2O3/c1-16(2,3)22-15(21)19-8-6-18(7-9-19)13-5-4-12(11-20)14(17)10-13/h4-5,10-11H,6-9H2,1-3H3. The van der Waals surface area contributed by atoms with Crippen molar-refractivity contribution in [2.24, 2.45) is 0 Å². The fourth-order valence-electron chi connectivity index (χ4n) is 2.28. The number of aldehydes is 1. The number of anilines is 1. The van der Waals surface area contributed by atoms with Gasteiger partial charge in [0.25, 0.3) is 0 Å². The van der Waals surface area contributed by atoms with Gasteiger partial charge < -0.3 is 14.5 Å². The van der Waals surface area contributed by atoms with Crippen molar-refractivity contribution in [3.8, 4) is 0 Å². The predicted octanol–water partition coefficient (Wildman–Crippen LogP) is 3.21. The largest absolute Gasteiger partial charge is 0.444 e. The summed E-state index contributed by atoms with van der Waals surface area (Å²) in [5, 5.41) is 0.446. The van der Waals surface area contributed by atoms with E-state index >= 15 is 0 Å². The minimum atomic E-state index is -0.480. The van der Waals surface area contributed by atoms with Crippen LogP contribution in [0.4, 0.5) is 10.5 Å². The molecule has 1 aromatic rings. The number of rotatable bonds is 2. The summed E-state index contributed by atoms with van der Waals surface area (Å²) < 4.78 is 5.38. The summed E-state index contributed by atoms with van der Waals surface area (Å²) in [4.78, 5) is 26.7. The molecule has 0 aromatic heterocycles. The lowest BCUT2D eigenvalue weighted by Gasteiger charge is -2.36. The molecule has 6 heteroatoms. The van der Waals surface area contributed by atoms with E-state index in [0.717, 1.165) is 12.0 Å². The third-order valence-corrected chi connectivity index (χ3v) is 3.73. The Labute approximate surface area is 135 Å². The SMILES string of the molecule is CC(C)(C)OC(=O)N1CCN(c2ccc(C=O)c(Cl)c2)CC1. The van der Waals surface area contributed by atoms with Gasteiger partial charge in [0.1, 0.15) is 5.60 Å². The van der Waals surface area contributed by atoms with Crippen LogP contribution in [0, 0.1) is 0 Å². The van der Waals surface area contributed by atoms with E-state index in [1.165, 1.54) is 0 Å². The van der Waals surface area contributed by atoms with Gasteiger partial charge in [-0.25, -0.2) is 4.79 Å². The molecule has 5 nitrogen and oxygen atoms in total. The quantitative estimate of drug-likeness (QED) is 0.784. The van der Waals surface area contributed by atoms with Crippen molar-refractivity contribution in [3.63, 3.8) is 0 Å². The summed E-state index contributed by atoms with van der Waals surface area (Å²) in [6, 6.07) is 5.37. The Bertz CT molecular complexity index is 561. The number of carbonyl (C=O) groups excluding carboxylic acids is 2. The maximum Gasteiger partial charge on any atom is 0.410 e. The molecule has 1 fully saturated rings. The molecule has 0 unspecified atom stereocenters. The van der Waals surface area contributed by atoms with Crippen LogP contribution in [0.15, 0.2) is 18.2 Å². The van der Waals surface area contributed by atoms with Crippen LogP contribution < -0.4 is 4.90 Å². The van der Waals surface area contributed by atoms with E-state index in [9.17, 15) is 9.59 Å². The molecule has 0 radical (unpaired) electrons. The molecular weight excluding hydrogens is 304 g/mol. The first-order valence-corrected chi connectivity index (χ1v) is 7.65. The Morgan fingerprint density at radius 3 is 2.36 bits per heavy atom. The molecule has 0 spiro atoms. The first-order valence-electron chi connectivity index (χ1n) is 7.28. The molecule has 1 aromatic carbocycles. The number of ether oxygens (including phenoxy) is 1. The zero-order valence-corrected chi connectivity index (χ0v) is 13.9. The topological polar surface area (TPSA) is 49.9 Å². The van der Waals surface area contributed by atoms with Gasteiger partial charge in [-0.3, -0.25) is 4.79 Å². The highest BCUT2D eigenvalue weighted by atomic mass is 35.5. The van der Waals surface area contributed by atoms with Crippen LogP contribution in [0.3, 0.4) is 0 Å². The number of halogens is 1. The second-order valence-electron chi connectivity index (χ2n) is 6.28. The highest BCUT2D eigenvalue weighted by Crippen LogP contribution is 2.24. The van der Waals surface area contributed by atoms with E-state index in [4.69, 9.17) is 16.3 Å². The Kier molecular flexibility index (Phi) is 4.96. The molecule has 1 aliphatic rings. The number of benzene rings is 1. The van der Waals surface area contributed by atoms with Gasteiger partial charge in [0, 0.05) is 37.4 Å². The molecule has 22 heavy (non-hydrogen) atoms. The van der Waals surface area contributed by atoms with E-state index in [1.54, 1.807) is 17.0 Å². The summed E-state index contributed by atoms with van der Waals surface area (Å²) in [6.07, 6.45) is 0.466. The van der Waals surface area contributed by atoms with Gasteiger partial charge >= 0.3 is 6.09 Å². The van der Waals surface area contributed by atoms with Crippen molar-refractivity contribution >= 4 is 29.7 Å². The molecule has 0 saturated carbocycles. The third-order valence-electron chi connectivity index (χ3n) is 3.41. The maximum absolute atomic E-state index is 12.0. The van der Waals surface area contributed by atoms with E-state index in [2.05, 4.69) is 4.90 Å². The molecule has 0 atom stereocenters.